The molecule has 0 radical (unpaired) electrons. The van der Waals surface area contributed by atoms with Gasteiger partial charge in [-0.3, -0.25) is 4.99 Å². The number of sulfonamides is 1. The van der Waals surface area contributed by atoms with Crippen LogP contribution in [0.4, 0.5) is 13.2 Å². The van der Waals surface area contributed by atoms with Crippen LogP contribution in [0.5, 0.6) is 0 Å². The summed E-state index contributed by atoms with van der Waals surface area (Å²) in [6.07, 6.45) is 2.94. The quantitative estimate of drug-likeness (QED) is 0.309. The minimum absolute atomic E-state index is 0. The van der Waals surface area contributed by atoms with Gasteiger partial charge < -0.3 is 15.5 Å². The predicted octanol–water partition coefficient (Wildman–Crippen LogP) is 2.20. The second kappa shape index (κ2) is 11.3. The van der Waals surface area contributed by atoms with Gasteiger partial charge in [-0.15, -0.1) is 24.0 Å². The number of hydrogen-bond acceptors (Lipinski definition) is 4. The summed E-state index contributed by atoms with van der Waals surface area (Å²) in [5, 5.41) is 6.52. The molecule has 2 aliphatic rings. The maximum atomic E-state index is 12.7. The minimum atomic E-state index is -5.24. The predicted molar refractivity (Wildman–Crippen MR) is 119 cm³/mol. The summed E-state index contributed by atoms with van der Waals surface area (Å²) in [4.78, 5) is 6.66. The van der Waals surface area contributed by atoms with Crippen LogP contribution in [0.2, 0.25) is 0 Å². The number of likely N-dealkylation sites (tertiary alicyclic amines) is 1. The summed E-state index contributed by atoms with van der Waals surface area (Å²) in [5.74, 6) is 1.13. The molecule has 0 saturated carbocycles. The Morgan fingerprint density at radius 2 is 1.79 bits per heavy atom. The number of piperidine rings is 2. The summed E-state index contributed by atoms with van der Waals surface area (Å²) in [5.41, 5.74) is -5.24. The van der Waals surface area contributed by atoms with E-state index in [0.29, 0.717) is 35.1 Å². The SMILES string of the molecule is CN=C(NCC1CCCN(C(C)C)C1)NC1CCN(S(=O)(=O)C(F)(F)F)CC1.I. The topological polar surface area (TPSA) is 77.0 Å². The van der Waals surface area contributed by atoms with Crippen molar-refractivity contribution >= 4 is 40.0 Å². The highest BCUT2D eigenvalue weighted by Gasteiger charge is 2.50. The first kappa shape index (κ1) is 26.7. The fourth-order valence-electron chi connectivity index (χ4n) is 3.75. The Bertz CT molecular complexity index is 637. The third kappa shape index (κ3) is 7.39. The summed E-state index contributed by atoms with van der Waals surface area (Å²) in [7, 11) is -3.59. The highest BCUT2D eigenvalue weighted by Crippen LogP contribution is 2.29. The highest BCUT2D eigenvalue weighted by molar-refractivity contribution is 14.0. The third-order valence-corrected chi connectivity index (χ3v) is 7.12. The maximum Gasteiger partial charge on any atom is 0.511 e. The Labute approximate surface area is 188 Å². The van der Waals surface area contributed by atoms with Gasteiger partial charge in [0.05, 0.1) is 0 Å². The van der Waals surface area contributed by atoms with Gasteiger partial charge in [0.2, 0.25) is 0 Å². The Morgan fingerprint density at radius 1 is 1.17 bits per heavy atom. The smallest absolute Gasteiger partial charge is 0.356 e. The zero-order valence-corrected chi connectivity index (χ0v) is 20.4. The second-order valence-electron chi connectivity index (χ2n) is 7.82. The second-order valence-corrected chi connectivity index (χ2v) is 9.75. The lowest BCUT2D eigenvalue weighted by Gasteiger charge is -2.36. The van der Waals surface area contributed by atoms with Gasteiger partial charge >= 0.3 is 15.5 Å². The normalized spacial score (nSPS) is 23.7. The van der Waals surface area contributed by atoms with Gasteiger partial charge in [0.1, 0.15) is 0 Å². The van der Waals surface area contributed by atoms with Crippen molar-refractivity contribution in [1.82, 2.24) is 19.8 Å². The molecule has 0 bridgehead atoms. The van der Waals surface area contributed by atoms with E-state index in [1.165, 1.54) is 6.42 Å². The van der Waals surface area contributed by atoms with E-state index in [2.05, 4.69) is 34.4 Å². The molecule has 0 amide bonds. The largest absolute Gasteiger partial charge is 0.511 e. The van der Waals surface area contributed by atoms with Crippen molar-refractivity contribution in [2.75, 3.05) is 39.8 Å². The number of rotatable bonds is 5. The van der Waals surface area contributed by atoms with Crippen molar-refractivity contribution in [3.05, 3.63) is 0 Å². The molecule has 1 atom stereocenters. The van der Waals surface area contributed by atoms with E-state index in [9.17, 15) is 21.6 Å². The molecule has 0 aromatic rings. The van der Waals surface area contributed by atoms with Crippen molar-refractivity contribution in [1.29, 1.82) is 0 Å². The van der Waals surface area contributed by atoms with Gasteiger partial charge in [-0.05, 0) is 52.0 Å². The van der Waals surface area contributed by atoms with Crippen LogP contribution in [-0.2, 0) is 10.0 Å². The van der Waals surface area contributed by atoms with Crippen molar-refractivity contribution in [2.24, 2.45) is 10.9 Å². The molecular weight excluding hydrogens is 522 g/mol. The zero-order valence-electron chi connectivity index (χ0n) is 17.2. The molecule has 0 aromatic heterocycles. The number of guanidine groups is 1. The average Bonchev–Trinajstić information content (AvgIpc) is 2.64. The minimum Gasteiger partial charge on any atom is -0.356 e. The lowest BCUT2D eigenvalue weighted by atomic mass is 9.97. The van der Waals surface area contributed by atoms with Crippen molar-refractivity contribution in [3.8, 4) is 0 Å². The first-order chi connectivity index (χ1) is 13.0. The van der Waals surface area contributed by atoms with E-state index >= 15 is 0 Å². The van der Waals surface area contributed by atoms with Crippen LogP contribution in [0.3, 0.4) is 0 Å². The lowest BCUT2D eigenvalue weighted by molar-refractivity contribution is -0.0494. The van der Waals surface area contributed by atoms with Crippen LogP contribution in [0.15, 0.2) is 4.99 Å². The summed E-state index contributed by atoms with van der Waals surface area (Å²) < 4.78 is 61.5. The van der Waals surface area contributed by atoms with E-state index < -0.39 is 15.5 Å². The van der Waals surface area contributed by atoms with E-state index in [1.807, 2.05) is 0 Å². The zero-order chi connectivity index (χ0) is 20.9. The first-order valence-electron chi connectivity index (χ1n) is 9.82. The Hall–Kier alpha value is -0.340. The molecule has 2 fully saturated rings. The highest BCUT2D eigenvalue weighted by atomic mass is 127. The molecule has 29 heavy (non-hydrogen) atoms. The fraction of sp³-hybridized carbons (Fsp3) is 0.941. The molecule has 2 N–H and O–H groups in total. The van der Waals surface area contributed by atoms with Crippen LogP contribution >= 0.6 is 24.0 Å². The molecule has 2 aliphatic heterocycles. The van der Waals surface area contributed by atoms with Crippen LogP contribution < -0.4 is 10.6 Å². The van der Waals surface area contributed by atoms with E-state index in [0.717, 1.165) is 26.1 Å². The number of alkyl halides is 3. The van der Waals surface area contributed by atoms with Gasteiger partial charge in [0.15, 0.2) is 5.96 Å². The van der Waals surface area contributed by atoms with E-state index in [-0.39, 0.29) is 43.1 Å². The van der Waals surface area contributed by atoms with Crippen molar-refractivity contribution < 1.29 is 21.6 Å². The number of halogens is 4. The number of hydrogen-bond donors (Lipinski definition) is 2. The third-order valence-electron chi connectivity index (χ3n) is 5.49. The first-order valence-corrected chi connectivity index (χ1v) is 11.3. The monoisotopic (exact) mass is 555 g/mol. The van der Waals surface area contributed by atoms with E-state index in [1.54, 1.807) is 7.05 Å². The van der Waals surface area contributed by atoms with Gasteiger partial charge in [0, 0.05) is 45.3 Å². The summed E-state index contributed by atoms with van der Waals surface area (Å²) >= 11 is 0. The van der Waals surface area contributed by atoms with Crippen LogP contribution in [-0.4, -0.2) is 80.9 Å². The summed E-state index contributed by atoms with van der Waals surface area (Å²) in [6, 6.07) is 0.419. The molecule has 0 spiro atoms. The van der Waals surface area contributed by atoms with Crippen LogP contribution in [0.25, 0.3) is 0 Å². The van der Waals surface area contributed by atoms with Crippen molar-refractivity contribution in [3.63, 3.8) is 0 Å². The lowest BCUT2D eigenvalue weighted by Crippen LogP contribution is -2.52. The molecule has 2 saturated heterocycles. The molecule has 0 aromatic carbocycles. The van der Waals surface area contributed by atoms with Gasteiger partial charge in [0.25, 0.3) is 0 Å². The van der Waals surface area contributed by atoms with Gasteiger partial charge in [-0.2, -0.15) is 17.5 Å². The maximum absolute atomic E-state index is 12.7. The molecule has 172 valence electrons. The standard InChI is InChI=1S/C17H32F3N5O2S.HI/c1-13(2)24-8-4-5-14(12-24)11-22-16(21-3)23-15-6-9-25(10-7-15)28(26,27)17(18,19)20;/h13-15H,4-12H2,1-3H3,(H2,21,22,23);1H. The average molecular weight is 555 g/mol. The number of aliphatic imine (C=N–C) groups is 1. The number of nitrogens with zero attached hydrogens (tertiary/aromatic N) is 3. The molecule has 12 heteroatoms. The van der Waals surface area contributed by atoms with E-state index in [4.69, 9.17) is 0 Å². The number of nitrogens with one attached hydrogen (secondary N) is 2. The van der Waals surface area contributed by atoms with Gasteiger partial charge in [-0.1, -0.05) is 0 Å². The van der Waals surface area contributed by atoms with Crippen LogP contribution in [0.1, 0.15) is 39.5 Å². The summed E-state index contributed by atoms with van der Waals surface area (Å²) in [6.45, 7) is 7.04. The fourth-order valence-corrected chi connectivity index (χ4v) is 4.73. The molecule has 1 unspecified atom stereocenters. The molecule has 2 rings (SSSR count). The Kier molecular flexibility index (Phi) is 10.4. The Balaban J connectivity index is 0.00000420. The van der Waals surface area contributed by atoms with Crippen molar-refractivity contribution in [2.45, 2.75) is 57.1 Å². The molecular formula is C17H33F3IN5O2S. The van der Waals surface area contributed by atoms with Gasteiger partial charge in [-0.25, -0.2) is 8.42 Å². The molecule has 2 heterocycles. The van der Waals surface area contributed by atoms with Crippen LogP contribution in [0, 0.1) is 5.92 Å². The Morgan fingerprint density at radius 3 is 2.31 bits per heavy atom. The molecule has 7 nitrogen and oxygen atoms in total. The molecule has 0 aliphatic carbocycles.